The largest absolute Gasteiger partial charge is 0.619 e. The van der Waals surface area contributed by atoms with Crippen molar-refractivity contribution in [2.75, 3.05) is 0 Å². The summed E-state index contributed by atoms with van der Waals surface area (Å²) in [5.41, 5.74) is 0.435. The van der Waals surface area contributed by atoms with Gasteiger partial charge in [0, 0.05) is 11.6 Å². The molecule has 2 nitrogen and oxygen atoms in total. The zero-order valence-electron chi connectivity index (χ0n) is 7.65. The van der Waals surface area contributed by atoms with E-state index in [-0.39, 0.29) is 5.56 Å². The first-order valence-corrected chi connectivity index (χ1v) is 4.31. The second-order valence-electron chi connectivity index (χ2n) is 3.05. The predicted octanol–water partition coefficient (Wildman–Crippen LogP) is 2.27. The van der Waals surface area contributed by atoms with E-state index in [2.05, 4.69) is 0 Å². The second kappa shape index (κ2) is 3.65. The van der Waals surface area contributed by atoms with Crippen molar-refractivity contribution >= 4 is 0 Å². The van der Waals surface area contributed by atoms with Crippen molar-refractivity contribution in [1.82, 2.24) is 0 Å². The van der Waals surface area contributed by atoms with Gasteiger partial charge in [0.05, 0.1) is 5.56 Å². The highest BCUT2D eigenvalue weighted by atomic mass is 19.2. The first-order chi connectivity index (χ1) is 7.18. The van der Waals surface area contributed by atoms with E-state index < -0.39 is 11.6 Å². The molecule has 0 radical (unpaired) electrons. The second-order valence-corrected chi connectivity index (χ2v) is 3.05. The lowest BCUT2D eigenvalue weighted by Gasteiger charge is -2.03. The fourth-order valence-corrected chi connectivity index (χ4v) is 1.34. The van der Waals surface area contributed by atoms with Crippen LogP contribution in [0.1, 0.15) is 0 Å². The molecule has 76 valence electrons. The van der Waals surface area contributed by atoms with Gasteiger partial charge in [0.15, 0.2) is 24.0 Å². The minimum atomic E-state index is -0.941. The molecular weight excluding hydrogens is 200 g/mol. The highest BCUT2D eigenvalue weighted by Gasteiger charge is 2.10. The van der Waals surface area contributed by atoms with Crippen LogP contribution in [0.5, 0.6) is 0 Å². The van der Waals surface area contributed by atoms with Crippen LogP contribution in [0, 0.1) is 16.8 Å². The SMILES string of the molecule is [O-][n+]1cccc(-c2cccc(F)c2F)c1. The molecule has 0 saturated carbocycles. The molecule has 2 rings (SSSR count). The van der Waals surface area contributed by atoms with E-state index in [0.29, 0.717) is 10.3 Å². The molecular formula is C11H7F2NO. The molecule has 0 aliphatic heterocycles. The number of pyridine rings is 1. The van der Waals surface area contributed by atoms with Crippen molar-refractivity contribution in [3.05, 3.63) is 59.6 Å². The number of hydrogen-bond donors (Lipinski definition) is 0. The zero-order chi connectivity index (χ0) is 10.8. The molecule has 0 N–H and O–H groups in total. The van der Waals surface area contributed by atoms with E-state index in [1.807, 2.05) is 0 Å². The molecule has 1 heterocycles. The van der Waals surface area contributed by atoms with E-state index in [9.17, 15) is 14.0 Å². The van der Waals surface area contributed by atoms with E-state index >= 15 is 0 Å². The summed E-state index contributed by atoms with van der Waals surface area (Å²) in [6, 6.07) is 6.88. The summed E-state index contributed by atoms with van der Waals surface area (Å²) in [6.07, 6.45) is 2.47. The Morgan fingerprint density at radius 1 is 1.07 bits per heavy atom. The topological polar surface area (TPSA) is 26.9 Å². The van der Waals surface area contributed by atoms with Gasteiger partial charge in [-0.15, -0.1) is 0 Å². The predicted molar refractivity (Wildman–Crippen MR) is 50.8 cm³/mol. The molecule has 0 atom stereocenters. The Morgan fingerprint density at radius 2 is 1.87 bits per heavy atom. The first-order valence-electron chi connectivity index (χ1n) is 4.31. The highest BCUT2D eigenvalue weighted by Crippen LogP contribution is 2.22. The molecule has 0 bridgehead atoms. The maximum atomic E-state index is 13.3. The first kappa shape index (κ1) is 9.58. The Labute approximate surface area is 85.0 Å². The molecule has 0 amide bonds. The average molecular weight is 207 g/mol. The van der Waals surface area contributed by atoms with Crippen LogP contribution in [-0.2, 0) is 0 Å². The van der Waals surface area contributed by atoms with Gasteiger partial charge in [0.25, 0.3) is 0 Å². The number of rotatable bonds is 1. The van der Waals surface area contributed by atoms with Gasteiger partial charge in [0.2, 0.25) is 0 Å². The minimum absolute atomic E-state index is 0.0835. The summed E-state index contributed by atoms with van der Waals surface area (Å²) in [7, 11) is 0. The monoisotopic (exact) mass is 207 g/mol. The fourth-order valence-electron chi connectivity index (χ4n) is 1.34. The van der Waals surface area contributed by atoms with Gasteiger partial charge in [-0.1, -0.05) is 12.1 Å². The molecule has 0 aliphatic rings. The molecule has 0 unspecified atom stereocenters. The molecule has 15 heavy (non-hydrogen) atoms. The lowest BCUT2D eigenvalue weighted by molar-refractivity contribution is -0.604. The average Bonchev–Trinajstić information content (AvgIpc) is 2.22. The van der Waals surface area contributed by atoms with Gasteiger partial charge in [-0.05, 0) is 12.1 Å². The Bertz CT molecular complexity index is 500. The number of halogens is 2. The van der Waals surface area contributed by atoms with Gasteiger partial charge in [0.1, 0.15) is 0 Å². The summed E-state index contributed by atoms with van der Waals surface area (Å²) < 4.78 is 26.8. The zero-order valence-corrected chi connectivity index (χ0v) is 7.65. The van der Waals surface area contributed by atoms with Crippen LogP contribution < -0.4 is 4.73 Å². The normalized spacial score (nSPS) is 10.3. The van der Waals surface area contributed by atoms with Crippen LogP contribution in [0.15, 0.2) is 42.7 Å². The van der Waals surface area contributed by atoms with Crippen molar-refractivity contribution < 1.29 is 13.5 Å². The van der Waals surface area contributed by atoms with Gasteiger partial charge in [-0.3, -0.25) is 0 Å². The summed E-state index contributed by atoms with van der Waals surface area (Å²) in [4.78, 5) is 0. The maximum absolute atomic E-state index is 13.3. The van der Waals surface area contributed by atoms with Gasteiger partial charge in [-0.25, -0.2) is 8.78 Å². The van der Waals surface area contributed by atoms with Crippen LogP contribution in [0.3, 0.4) is 0 Å². The van der Waals surface area contributed by atoms with Crippen molar-refractivity contribution in [3.8, 4) is 11.1 Å². The van der Waals surface area contributed by atoms with Crippen LogP contribution in [-0.4, -0.2) is 0 Å². The number of benzene rings is 1. The third kappa shape index (κ3) is 1.79. The number of aromatic nitrogens is 1. The lowest BCUT2D eigenvalue weighted by atomic mass is 10.1. The Balaban J connectivity index is 2.59. The van der Waals surface area contributed by atoms with E-state index in [4.69, 9.17) is 0 Å². The van der Waals surface area contributed by atoms with Crippen molar-refractivity contribution in [2.45, 2.75) is 0 Å². The lowest BCUT2D eigenvalue weighted by Crippen LogP contribution is -2.24. The van der Waals surface area contributed by atoms with Crippen LogP contribution >= 0.6 is 0 Å². The third-order valence-corrected chi connectivity index (χ3v) is 2.04. The van der Waals surface area contributed by atoms with Gasteiger partial charge < -0.3 is 5.21 Å². The number of hydrogen-bond acceptors (Lipinski definition) is 1. The number of nitrogens with zero attached hydrogens (tertiary/aromatic N) is 1. The summed E-state index contributed by atoms with van der Waals surface area (Å²) in [5.74, 6) is -1.86. The molecule has 1 aromatic heterocycles. The Hall–Kier alpha value is -1.97. The fraction of sp³-hybridized carbons (Fsp3) is 0. The quantitative estimate of drug-likeness (QED) is 0.520. The standard InChI is InChI=1S/C11H7F2NO/c12-10-5-1-4-9(11(10)13)8-3-2-6-14(15)7-8/h1-7H. The molecule has 0 fully saturated rings. The third-order valence-electron chi connectivity index (χ3n) is 2.04. The van der Waals surface area contributed by atoms with Crippen molar-refractivity contribution in [1.29, 1.82) is 0 Å². The molecule has 2 aromatic rings. The Morgan fingerprint density at radius 3 is 2.60 bits per heavy atom. The molecule has 0 aliphatic carbocycles. The Kier molecular flexibility index (Phi) is 2.33. The van der Waals surface area contributed by atoms with Crippen LogP contribution in [0.2, 0.25) is 0 Å². The van der Waals surface area contributed by atoms with Crippen molar-refractivity contribution in [2.24, 2.45) is 0 Å². The maximum Gasteiger partial charge on any atom is 0.188 e. The van der Waals surface area contributed by atoms with E-state index in [1.165, 1.54) is 30.6 Å². The van der Waals surface area contributed by atoms with Crippen LogP contribution in [0.25, 0.3) is 11.1 Å². The summed E-state index contributed by atoms with van der Waals surface area (Å²) in [6.45, 7) is 0. The highest BCUT2D eigenvalue weighted by molar-refractivity contribution is 5.62. The van der Waals surface area contributed by atoms with Gasteiger partial charge in [-0.2, -0.15) is 4.73 Å². The molecule has 4 heteroatoms. The van der Waals surface area contributed by atoms with Gasteiger partial charge >= 0.3 is 0 Å². The van der Waals surface area contributed by atoms with Crippen LogP contribution in [0.4, 0.5) is 8.78 Å². The van der Waals surface area contributed by atoms with E-state index in [0.717, 1.165) is 6.07 Å². The minimum Gasteiger partial charge on any atom is -0.619 e. The molecule has 0 spiro atoms. The molecule has 0 saturated heterocycles. The molecule has 1 aromatic carbocycles. The summed E-state index contributed by atoms with van der Waals surface area (Å²) in [5, 5.41) is 11.0. The van der Waals surface area contributed by atoms with Crippen molar-refractivity contribution in [3.63, 3.8) is 0 Å². The summed E-state index contributed by atoms with van der Waals surface area (Å²) >= 11 is 0. The smallest absolute Gasteiger partial charge is 0.188 e. The van der Waals surface area contributed by atoms with E-state index in [1.54, 1.807) is 6.07 Å².